The molecule has 0 atom stereocenters. The van der Waals surface area contributed by atoms with Gasteiger partial charge >= 0.3 is 0 Å². The molecular weight excluding hydrogens is 292 g/mol. The molecule has 2 aromatic carbocycles. The maximum Gasteiger partial charge on any atom is 0.184 e. The summed E-state index contributed by atoms with van der Waals surface area (Å²) in [7, 11) is 0. The summed E-state index contributed by atoms with van der Waals surface area (Å²) in [5.41, 5.74) is 1.83. The van der Waals surface area contributed by atoms with Crippen LogP contribution in [-0.4, -0.2) is 9.55 Å². The maximum atomic E-state index is 14.0. The summed E-state index contributed by atoms with van der Waals surface area (Å²) in [4.78, 5) is 2.85. The number of aromatic nitrogens is 2. The smallest absolute Gasteiger partial charge is 0.184 e. The Morgan fingerprint density at radius 3 is 2.81 bits per heavy atom. The molecule has 0 radical (unpaired) electrons. The molecule has 6 heteroatoms. The lowest BCUT2D eigenvalue weighted by molar-refractivity contribution is 0.512. The summed E-state index contributed by atoms with van der Waals surface area (Å²) < 4.78 is 29.2. The van der Waals surface area contributed by atoms with Gasteiger partial charge in [-0.25, -0.2) is 8.78 Å². The van der Waals surface area contributed by atoms with Gasteiger partial charge < -0.3 is 9.55 Å². The van der Waals surface area contributed by atoms with Crippen LogP contribution in [0.3, 0.4) is 0 Å². The standard InChI is InChI=1S/C15H9F2N3S/c16-11-4-5-12-14(13(11)17)20(15(21)19-12)8-10-3-1-2-9(6-10)7-18/h1-6H,8H2,(H,19,21). The summed E-state index contributed by atoms with van der Waals surface area (Å²) >= 11 is 5.17. The first-order chi connectivity index (χ1) is 10.1. The highest BCUT2D eigenvalue weighted by atomic mass is 32.1. The molecule has 3 nitrogen and oxygen atoms in total. The molecule has 0 unspecified atom stereocenters. The van der Waals surface area contributed by atoms with Crippen LogP contribution in [-0.2, 0) is 6.54 Å². The molecule has 0 aliphatic rings. The molecule has 3 aromatic rings. The number of nitrogens with one attached hydrogen (secondary N) is 1. The van der Waals surface area contributed by atoms with E-state index in [1.807, 2.05) is 6.07 Å². The number of benzene rings is 2. The van der Waals surface area contributed by atoms with Crippen molar-refractivity contribution in [1.82, 2.24) is 9.55 Å². The Kier molecular flexibility index (Phi) is 3.28. The Morgan fingerprint density at radius 1 is 1.24 bits per heavy atom. The number of halogens is 2. The molecule has 1 N–H and O–H groups in total. The predicted octanol–water partition coefficient (Wildman–Crippen LogP) is 3.90. The second kappa shape index (κ2) is 5.11. The fourth-order valence-corrected chi connectivity index (χ4v) is 2.53. The van der Waals surface area contributed by atoms with E-state index in [4.69, 9.17) is 17.5 Å². The Morgan fingerprint density at radius 2 is 2.05 bits per heavy atom. The van der Waals surface area contributed by atoms with E-state index in [9.17, 15) is 8.78 Å². The number of aromatic amines is 1. The molecule has 21 heavy (non-hydrogen) atoms. The average molecular weight is 301 g/mol. The predicted molar refractivity (Wildman–Crippen MR) is 77.3 cm³/mol. The van der Waals surface area contributed by atoms with Gasteiger partial charge in [0, 0.05) is 0 Å². The van der Waals surface area contributed by atoms with Crippen molar-refractivity contribution in [3.63, 3.8) is 0 Å². The molecule has 0 saturated carbocycles. The topological polar surface area (TPSA) is 44.5 Å². The average Bonchev–Trinajstić information content (AvgIpc) is 2.80. The quantitative estimate of drug-likeness (QED) is 0.730. The van der Waals surface area contributed by atoms with Crippen LogP contribution >= 0.6 is 12.2 Å². The van der Waals surface area contributed by atoms with Gasteiger partial charge in [0.1, 0.15) is 5.52 Å². The Hall–Kier alpha value is -2.52. The molecule has 0 aliphatic heterocycles. The Bertz CT molecular complexity index is 934. The first-order valence-corrected chi connectivity index (χ1v) is 6.56. The van der Waals surface area contributed by atoms with Gasteiger partial charge in [-0.2, -0.15) is 5.26 Å². The lowest BCUT2D eigenvalue weighted by Crippen LogP contribution is -2.02. The van der Waals surface area contributed by atoms with Gasteiger partial charge in [0.25, 0.3) is 0 Å². The summed E-state index contributed by atoms with van der Waals surface area (Å²) in [6.45, 7) is 0.259. The van der Waals surface area contributed by atoms with Crippen molar-refractivity contribution in [2.75, 3.05) is 0 Å². The van der Waals surface area contributed by atoms with E-state index in [0.717, 1.165) is 11.6 Å². The maximum absolute atomic E-state index is 14.0. The van der Waals surface area contributed by atoms with E-state index in [0.29, 0.717) is 15.9 Å². The van der Waals surface area contributed by atoms with E-state index < -0.39 is 11.6 Å². The number of nitriles is 1. The molecule has 0 bridgehead atoms. The van der Waals surface area contributed by atoms with Crippen molar-refractivity contribution < 1.29 is 8.78 Å². The highest BCUT2D eigenvalue weighted by Gasteiger charge is 2.14. The molecule has 0 amide bonds. The van der Waals surface area contributed by atoms with Gasteiger partial charge in [0.15, 0.2) is 16.4 Å². The highest BCUT2D eigenvalue weighted by molar-refractivity contribution is 7.71. The van der Waals surface area contributed by atoms with Crippen LogP contribution in [0.15, 0.2) is 36.4 Å². The number of imidazole rings is 1. The third kappa shape index (κ3) is 2.32. The lowest BCUT2D eigenvalue weighted by atomic mass is 10.1. The number of nitrogens with zero attached hydrogens (tertiary/aromatic N) is 2. The van der Waals surface area contributed by atoms with Gasteiger partial charge in [-0.3, -0.25) is 0 Å². The van der Waals surface area contributed by atoms with Crippen LogP contribution in [0.5, 0.6) is 0 Å². The second-order valence-corrected chi connectivity index (χ2v) is 4.97. The number of hydrogen-bond donors (Lipinski definition) is 1. The van der Waals surface area contributed by atoms with Crippen molar-refractivity contribution >= 4 is 23.3 Å². The number of rotatable bonds is 2. The van der Waals surface area contributed by atoms with Crippen LogP contribution in [0, 0.1) is 27.7 Å². The summed E-state index contributed by atoms with van der Waals surface area (Å²) in [6.07, 6.45) is 0. The zero-order chi connectivity index (χ0) is 15.0. The first-order valence-electron chi connectivity index (χ1n) is 6.15. The summed E-state index contributed by atoms with van der Waals surface area (Å²) in [5.74, 6) is -1.85. The largest absolute Gasteiger partial charge is 0.330 e. The number of H-pyrrole nitrogens is 1. The summed E-state index contributed by atoms with van der Waals surface area (Å²) in [6, 6.07) is 11.5. The van der Waals surface area contributed by atoms with E-state index in [2.05, 4.69) is 4.98 Å². The number of hydrogen-bond acceptors (Lipinski definition) is 2. The van der Waals surface area contributed by atoms with Crippen molar-refractivity contribution in [2.45, 2.75) is 6.54 Å². The van der Waals surface area contributed by atoms with Gasteiger partial charge in [-0.15, -0.1) is 0 Å². The lowest BCUT2D eigenvalue weighted by Gasteiger charge is -2.06. The van der Waals surface area contributed by atoms with Crippen LogP contribution in [0.1, 0.15) is 11.1 Å². The molecule has 104 valence electrons. The molecule has 3 rings (SSSR count). The monoisotopic (exact) mass is 301 g/mol. The third-order valence-electron chi connectivity index (χ3n) is 3.22. The zero-order valence-electron chi connectivity index (χ0n) is 10.7. The molecule has 0 saturated heterocycles. The normalized spacial score (nSPS) is 10.7. The van der Waals surface area contributed by atoms with E-state index in [-0.39, 0.29) is 12.1 Å². The molecule has 0 spiro atoms. The third-order valence-corrected chi connectivity index (χ3v) is 3.54. The second-order valence-electron chi connectivity index (χ2n) is 4.59. The number of fused-ring (bicyclic) bond motifs is 1. The van der Waals surface area contributed by atoms with Crippen LogP contribution in [0.2, 0.25) is 0 Å². The fraction of sp³-hybridized carbons (Fsp3) is 0.0667. The molecular formula is C15H9F2N3S. The van der Waals surface area contributed by atoms with Crippen molar-refractivity contribution in [3.8, 4) is 6.07 Å². The van der Waals surface area contributed by atoms with Crippen molar-refractivity contribution in [1.29, 1.82) is 5.26 Å². The van der Waals surface area contributed by atoms with E-state index in [1.165, 1.54) is 10.6 Å². The van der Waals surface area contributed by atoms with Gasteiger partial charge in [0.05, 0.1) is 23.7 Å². The van der Waals surface area contributed by atoms with Crippen molar-refractivity contribution in [2.24, 2.45) is 0 Å². The molecule has 0 fully saturated rings. The minimum atomic E-state index is -0.934. The minimum Gasteiger partial charge on any atom is -0.330 e. The Balaban J connectivity index is 2.16. The van der Waals surface area contributed by atoms with Gasteiger partial charge in [0.2, 0.25) is 0 Å². The summed E-state index contributed by atoms with van der Waals surface area (Å²) in [5, 5.41) is 8.90. The highest BCUT2D eigenvalue weighted by Crippen LogP contribution is 2.21. The Labute approximate surface area is 124 Å². The van der Waals surface area contributed by atoms with Crippen LogP contribution in [0.4, 0.5) is 8.78 Å². The van der Waals surface area contributed by atoms with E-state index >= 15 is 0 Å². The first kappa shape index (κ1) is 13.5. The molecule has 0 aliphatic carbocycles. The van der Waals surface area contributed by atoms with Gasteiger partial charge in [-0.05, 0) is 42.0 Å². The van der Waals surface area contributed by atoms with Crippen LogP contribution < -0.4 is 0 Å². The minimum absolute atomic E-state index is 0.0994. The van der Waals surface area contributed by atoms with Gasteiger partial charge in [-0.1, -0.05) is 12.1 Å². The molecule has 1 heterocycles. The van der Waals surface area contributed by atoms with E-state index in [1.54, 1.807) is 24.3 Å². The fourth-order valence-electron chi connectivity index (χ4n) is 2.26. The molecule has 1 aromatic heterocycles. The SMILES string of the molecule is N#Cc1cccc(Cn2c(=S)[nH]c3ccc(F)c(F)c32)c1. The zero-order valence-corrected chi connectivity index (χ0v) is 11.5. The van der Waals surface area contributed by atoms with Crippen LogP contribution in [0.25, 0.3) is 11.0 Å². The van der Waals surface area contributed by atoms with Crippen molar-refractivity contribution in [3.05, 3.63) is 63.9 Å².